The summed E-state index contributed by atoms with van der Waals surface area (Å²) < 4.78 is 68.6. The molecule has 3 unspecified atom stereocenters. The normalized spacial score (nSPS) is 14.3. The zero-order chi connectivity index (χ0) is 73.0. The number of hydrogen-bond donors (Lipinski definition) is 3. The number of hydrogen-bond acceptors (Lipinski definition) is 15. The van der Waals surface area contributed by atoms with Crippen molar-refractivity contribution in [2.24, 2.45) is 17.8 Å². The highest BCUT2D eigenvalue weighted by Gasteiger charge is 2.30. The zero-order valence-corrected chi connectivity index (χ0v) is 66.8. The lowest BCUT2D eigenvalue weighted by Gasteiger charge is -2.21. The Balaban J connectivity index is 5.20. The molecule has 3 N–H and O–H groups in total. The van der Waals surface area contributed by atoms with E-state index in [1.54, 1.807) is 0 Å². The van der Waals surface area contributed by atoms with E-state index < -0.39 is 97.5 Å². The molecule has 0 saturated heterocycles. The van der Waals surface area contributed by atoms with E-state index in [1.807, 2.05) is 0 Å². The predicted octanol–water partition coefficient (Wildman–Crippen LogP) is 23.7. The Morgan fingerprint density at radius 1 is 0.293 bits per heavy atom. The van der Waals surface area contributed by atoms with Crippen LogP contribution >= 0.6 is 15.6 Å². The maximum absolute atomic E-state index is 13.1. The third-order valence-corrected chi connectivity index (χ3v) is 20.9. The Kier molecular flexibility index (Phi) is 69.0. The molecule has 0 aliphatic rings. The monoisotopic (exact) mass is 1450 g/mol. The first kappa shape index (κ1) is 97.1. The molecule has 6 atom stereocenters. The average Bonchev–Trinajstić information content (AvgIpc) is 1.13. The number of aliphatic hydroxyl groups is 1. The van der Waals surface area contributed by atoms with Gasteiger partial charge in [0, 0.05) is 25.7 Å². The molecule has 0 aliphatic heterocycles. The van der Waals surface area contributed by atoms with Crippen LogP contribution in [0.25, 0.3) is 0 Å². The lowest BCUT2D eigenvalue weighted by molar-refractivity contribution is -0.161. The third-order valence-electron chi connectivity index (χ3n) is 19.0. The molecule has 0 fully saturated rings. The molecule has 0 aliphatic carbocycles. The van der Waals surface area contributed by atoms with Gasteiger partial charge in [-0.2, -0.15) is 0 Å². The molecular weight excluding hydrogens is 1290 g/mol. The number of phosphoric ester groups is 2. The van der Waals surface area contributed by atoms with Crippen LogP contribution in [0.4, 0.5) is 0 Å². The summed E-state index contributed by atoms with van der Waals surface area (Å²) in [4.78, 5) is 72.9. The highest BCUT2D eigenvalue weighted by molar-refractivity contribution is 7.47. The fourth-order valence-electron chi connectivity index (χ4n) is 12.3. The molecule has 0 spiro atoms. The Hall–Kier alpha value is -1.94. The summed E-state index contributed by atoms with van der Waals surface area (Å²) in [5, 5.41) is 10.6. The van der Waals surface area contributed by atoms with Gasteiger partial charge in [-0.05, 0) is 43.4 Å². The van der Waals surface area contributed by atoms with E-state index in [0.29, 0.717) is 31.6 Å². The summed E-state index contributed by atoms with van der Waals surface area (Å²) in [7, 11) is -9.91. The Bertz CT molecular complexity index is 1920. The van der Waals surface area contributed by atoms with Crippen LogP contribution in [0, 0.1) is 17.8 Å². The molecule has 0 amide bonds. The number of ether oxygens (including phenoxy) is 4. The Morgan fingerprint density at radius 3 is 0.768 bits per heavy atom. The van der Waals surface area contributed by atoms with Crippen molar-refractivity contribution >= 4 is 39.5 Å². The molecule has 0 rings (SSSR count). The number of esters is 4. The zero-order valence-electron chi connectivity index (χ0n) is 65.0. The van der Waals surface area contributed by atoms with Crippen molar-refractivity contribution in [1.29, 1.82) is 0 Å². The van der Waals surface area contributed by atoms with Gasteiger partial charge in [-0.3, -0.25) is 37.3 Å². The van der Waals surface area contributed by atoms with Crippen LogP contribution in [0.5, 0.6) is 0 Å². The van der Waals surface area contributed by atoms with Crippen LogP contribution in [-0.4, -0.2) is 96.7 Å². The largest absolute Gasteiger partial charge is 0.472 e. The summed E-state index contributed by atoms with van der Waals surface area (Å²) in [6.45, 7) is 11.9. The summed E-state index contributed by atoms with van der Waals surface area (Å²) in [5.74, 6) is 0.235. The lowest BCUT2D eigenvalue weighted by Crippen LogP contribution is -2.30. The van der Waals surface area contributed by atoms with E-state index in [9.17, 15) is 43.2 Å². The van der Waals surface area contributed by atoms with Crippen molar-refractivity contribution in [3.63, 3.8) is 0 Å². The molecule has 99 heavy (non-hydrogen) atoms. The van der Waals surface area contributed by atoms with Crippen LogP contribution in [0.15, 0.2) is 0 Å². The van der Waals surface area contributed by atoms with E-state index in [-0.39, 0.29) is 25.7 Å². The van der Waals surface area contributed by atoms with Gasteiger partial charge in [0.1, 0.15) is 19.3 Å². The number of carbonyl (C=O) groups is 4. The minimum atomic E-state index is -4.96. The van der Waals surface area contributed by atoms with Gasteiger partial charge in [0.2, 0.25) is 0 Å². The van der Waals surface area contributed by atoms with Gasteiger partial charge in [-0.1, -0.05) is 363 Å². The van der Waals surface area contributed by atoms with Crippen molar-refractivity contribution in [3.8, 4) is 0 Å². The molecular formula is C80H156O17P2. The summed E-state index contributed by atoms with van der Waals surface area (Å²) >= 11 is 0. The Labute approximate surface area is 607 Å². The third kappa shape index (κ3) is 72.8. The molecule has 19 heteroatoms. The van der Waals surface area contributed by atoms with Gasteiger partial charge >= 0.3 is 39.5 Å². The first-order valence-corrected chi connectivity index (χ1v) is 44.4. The highest BCUT2D eigenvalue weighted by Crippen LogP contribution is 2.45. The Morgan fingerprint density at radius 2 is 0.515 bits per heavy atom. The minimum Gasteiger partial charge on any atom is -0.462 e. The van der Waals surface area contributed by atoms with Crippen molar-refractivity contribution in [1.82, 2.24) is 0 Å². The second-order valence-electron chi connectivity index (χ2n) is 30.0. The summed E-state index contributed by atoms with van der Waals surface area (Å²) in [6, 6.07) is 0. The van der Waals surface area contributed by atoms with E-state index >= 15 is 0 Å². The smallest absolute Gasteiger partial charge is 0.462 e. The lowest BCUT2D eigenvalue weighted by atomic mass is 9.99. The SMILES string of the molecule is CCCCCCCCCCCCCC(=O)O[C@H](COC(=O)CCCCCCCCC(C)C)COP(=O)(O)OC[C@H](O)COP(=O)(O)OC[C@@H](COC(=O)CCCCCCCCCCCCCCCCC(C)CC)OC(=O)CCCCCCCCCCCCCCCCCCCCC(C)C. The van der Waals surface area contributed by atoms with Crippen molar-refractivity contribution < 1.29 is 80.2 Å². The first-order valence-electron chi connectivity index (χ1n) is 41.4. The molecule has 0 aromatic carbocycles. The minimum absolute atomic E-state index is 0.106. The van der Waals surface area contributed by atoms with Gasteiger partial charge in [0.05, 0.1) is 26.4 Å². The second-order valence-corrected chi connectivity index (χ2v) is 32.9. The molecule has 0 bridgehead atoms. The second kappa shape index (κ2) is 70.4. The quantitative estimate of drug-likeness (QED) is 0.0222. The van der Waals surface area contributed by atoms with Gasteiger partial charge < -0.3 is 33.8 Å². The highest BCUT2D eigenvalue weighted by atomic mass is 31.2. The molecule has 0 radical (unpaired) electrons. The number of unbranched alkanes of at least 4 members (excludes halogenated alkanes) is 45. The standard InChI is InChI=1S/C80H156O17P2/c1-8-10-11-12-13-14-27-35-40-49-56-63-79(84)97-76(68-91-78(83)62-55-48-43-42-45-52-59-72(5)6)70-95-99(88,89)93-66-74(81)65-92-98(86,87)94-69-75(67-90-77(82)61-54-47-39-34-30-25-22-21-24-29-33-38-46-53-60-73(7)9-2)96-80(85)64-57-50-41-36-31-26-20-18-16-15-17-19-23-28-32-37-44-51-58-71(3)4/h71-76,81H,8-70H2,1-7H3,(H,86,87)(H,88,89)/t73?,74-,75-,76-/m1/s1. The van der Waals surface area contributed by atoms with E-state index in [1.165, 1.54) is 218 Å². The molecule has 0 aromatic rings. The average molecular weight is 1450 g/mol. The number of aliphatic hydroxyl groups excluding tert-OH is 1. The molecule has 0 saturated carbocycles. The van der Waals surface area contributed by atoms with E-state index in [2.05, 4.69) is 48.5 Å². The number of carbonyl (C=O) groups excluding carboxylic acids is 4. The predicted molar refractivity (Wildman–Crippen MR) is 405 cm³/mol. The van der Waals surface area contributed by atoms with Gasteiger partial charge in [0.15, 0.2) is 12.2 Å². The van der Waals surface area contributed by atoms with E-state index in [0.717, 1.165) is 108 Å². The van der Waals surface area contributed by atoms with Crippen LogP contribution in [0.3, 0.4) is 0 Å². The fourth-order valence-corrected chi connectivity index (χ4v) is 13.9. The molecule has 0 aromatic heterocycles. The number of phosphoric acid groups is 2. The van der Waals surface area contributed by atoms with Crippen LogP contribution in [0.1, 0.15) is 414 Å². The first-order chi connectivity index (χ1) is 47.8. The van der Waals surface area contributed by atoms with Gasteiger partial charge in [0.25, 0.3) is 0 Å². The number of rotatable bonds is 78. The van der Waals surface area contributed by atoms with Gasteiger partial charge in [-0.25, -0.2) is 9.13 Å². The summed E-state index contributed by atoms with van der Waals surface area (Å²) in [5.41, 5.74) is 0. The fraction of sp³-hybridized carbons (Fsp3) is 0.950. The van der Waals surface area contributed by atoms with Crippen LogP contribution in [-0.2, 0) is 65.4 Å². The molecule has 588 valence electrons. The van der Waals surface area contributed by atoms with Crippen molar-refractivity contribution in [3.05, 3.63) is 0 Å². The molecule has 0 heterocycles. The van der Waals surface area contributed by atoms with Crippen LogP contribution < -0.4 is 0 Å². The van der Waals surface area contributed by atoms with Crippen molar-refractivity contribution in [2.75, 3.05) is 39.6 Å². The van der Waals surface area contributed by atoms with Crippen molar-refractivity contribution in [2.45, 2.75) is 433 Å². The van der Waals surface area contributed by atoms with E-state index in [4.69, 9.17) is 37.0 Å². The molecule has 17 nitrogen and oxygen atoms in total. The van der Waals surface area contributed by atoms with Crippen LogP contribution in [0.2, 0.25) is 0 Å². The topological polar surface area (TPSA) is 237 Å². The maximum atomic E-state index is 13.1. The summed E-state index contributed by atoms with van der Waals surface area (Å²) in [6.07, 6.45) is 58.4. The maximum Gasteiger partial charge on any atom is 0.472 e. The van der Waals surface area contributed by atoms with Gasteiger partial charge in [-0.15, -0.1) is 0 Å².